The number of rotatable bonds is 5. The van der Waals surface area contributed by atoms with Crippen LogP contribution in [-0.4, -0.2) is 46.1 Å². The predicted octanol–water partition coefficient (Wildman–Crippen LogP) is -1.81. The smallest absolute Gasteiger partial charge is 0.161 e. The van der Waals surface area contributed by atoms with Crippen LogP contribution in [0.4, 0.5) is 0 Å². The zero-order valence-electron chi connectivity index (χ0n) is 11.9. The summed E-state index contributed by atoms with van der Waals surface area (Å²) in [6.45, 7) is 0.846. The molecule has 21 heavy (non-hydrogen) atoms. The van der Waals surface area contributed by atoms with Crippen LogP contribution in [0.25, 0.3) is 0 Å². The van der Waals surface area contributed by atoms with Crippen molar-refractivity contribution in [2.45, 2.75) is 12.5 Å². The summed E-state index contributed by atoms with van der Waals surface area (Å²) in [5.74, 6) is -0.233. The van der Waals surface area contributed by atoms with Crippen LogP contribution >= 0.6 is 0 Å². The third-order valence-corrected chi connectivity index (χ3v) is 5.50. The van der Waals surface area contributed by atoms with Crippen LogP contribution in [0.3, 0.4) is 0 Å². The van der Waals surface area contributed by atoms with Crippen LogP contribution in [0.1, 0.15) is 18.0 Å². The van der Waals surface area contributed by atoms with Gasteiger partial charge in [0.1, 0.15) is 11.8 Å². The quantitative estimate of drug-likeness (QED) is 0.692. The van der Waals surface area contributed by atoms with Gasteiger partial charge in [0.2, 0.25) is 0 Å². The molecule has 116 valence electrons. The molecule has 0 aromatic heterocycles. The van der Waals surface area contributed by atoms with Crippen molar-refractivity contribution in [2.24, 2.45) is 0 Å². The van der Waals surface area contributed by atoms with Crippen molar-refractivity contribution in [3.63, 3.8) is 0 Å². The summed E-state index contributed by atoms with van der Waals surface area (Å²) in [4.78, 5) is 12.0. The molecular formula is C14H19NO5S. The van der Waals surface area contributed by atoms with Crippen molar-refractivity contribution in [1.82, 2.24) is 0 Å². The number of carbonyl (C=O) groups excluding carboxylic acids is 1. The molecule has 1 aliphatic heterocycles. The van der Waals surface area contributed by atoms with Gasteiger partial charge in [0.05, 0.1) is 31.7 Å². The summed E-state index contributed by atoms with van der Waals surface area (Å²) in [6.07, 6.45) is -0.123. The van der Waals surface area contributed by atoms with Gasteiger partial charge in [0, 0.05) is 18.0 Å². The van der Waals surface area contributed by atoms with E-state index in [1.807, 2.05) is 12.1 Å². The number of aliphatic carboxylic acids is 1. The second-order valence-corrected chi connectivity index (χ2v) is 7.52. The molecule has 1 aliphatic rings. The number of ether oxygens (including phenoxy) is 1. The molecule has 1 fully saturated rings. The summed E-state index contributed by atoms with van der Waals surface area (Å²) in [7, 11) is -1.41. The molecule has 1 N–H and O–H groups in total. The molecule has 1 atom stereocenters. The first-order valence-corrected chi connectivity index (χ1v) is 8.62. The predicted molar refractivity (Wildman–Crippen MR) is 74.7 cm³/mol. The maximum absolute atomic E-state index is 11.5. The lowest BCUT2D eigenvalue weighted by molar-refractivity contribution is -0.928. The van der Waals surface area contributed by atoms with E-state index in [1.54, 1.807) is 19.2 Å². The lowest BCUT2D eigenvalue weighted by atomic mass is 10.0. The van der Waals surface area contributed by atoms with Crippen LogP contribution < -0.4 is 14.7 Å². The average Bonchev–Trinajstić information content (AvgIpc) is 2.45. The molecule has 0 bridgehead atoms. The van der Waals surface area contributed by atoms with E-state index in [4.69, 9.17) is 4.74 Å². The Morgan fingerprint density at radius 1 is 1.29 bits per heavy atom. The van der Waals surface area contributed by atoms with E-state index in [0.717, 1.165) is 10.5 Å². The number of carboxylic acids is 1. The van der Waals surface area contributed by atoms with Gasteiger partial charge >= 0.3 is 0 Å². The molecule has 1 aromatic carbocycles. The Balaban J connectivity index is 2.19. The minimum absolute atomic E-state index is 0.0992. The fraction of sp³-hybridized carbons (Fsp3) is 0.500. The summed E-state index contributed by atoms with van der Waals surface area (Å²) >= 11 is 0. The number of hydrogen-bond acceptors (Lipinski definition) is 5. The zero-order valence-corrected chi connectivity index (χ0v) is 12.7. The van der Waals surface area contributed by atoms with E-state index in [-0.39, 0.29) is 24.0 Å². The number of quaternary nitrogens is 1. The summed E-state index contributed by atoms with van der Waals surface area (Å²) in [6, 6.07) is 6.90. The van der Waals surface area contributed by atoms with Gasteiger partial charge in [-0.1, -0.05) is 0 Å². The lowest BCUT2D eigenvalue weighted by Crippen LogP contribution is -3.14. The third kappa shape index (κ3) is 4.18. The number of methoxy groups -OCH3 is 1. The standard InChI is InChI=1S/C14H19NO5S/c1-20-12-4-2-11(3-5-12)13(10-14(16)17)15-6-8-21(18,19)9-7-15/h2-5,13H,6-10H2,1H3,(H,16,17)/t13-/m0/s1. The van der Waals surface area contributed by atoms with E-state index in [9.17, 15) is 18.3 Å². The third-order valence-electron chi connectivity index (χ3n) is 3.85. The van der Waals surface area contributed by atoms with Crippen molar-refractivity contribution in [2.75, 3.05) is 31.7 Å². The Morgan fingerprint density at radius 3 is 2.33 bits per heavy atom. The number of carbonyl (C=O) groups is 1. The minimum atomic E-state index is -2.97. The molecular weight excluding hydrogens is 294 g/mol. The van der Waals surface area contributed by atoms with Gasteiger partial charge in [-0.25, -0.2) is 8.42 Å². The molecule has 6 nitrogen and oxygen atoms in total. The first-order valence-electron chi connectivity index (χ1n) is 6.80. The Labute approximate surface area is 124 Å². The van der Waals surface area contributed by atoms with Crippen LogP contribution in [0.2, 0.25) is 0 Å². The molecule has 0 amide bonds. The van der Waals surface area contributed by atoms with Crippen LogP contribution in [0.15, 0.2) is 24.3 Å². The van der Waals surface area contributed by atoms with E-state index >= 15 is 0 Å². The maximum atomic E-state index is 11.5. The van der Waals surface area contributed by atoms with Crippen molar-refractivity contribution >= 4 is 15.8 Å². The zero-order chi connectivity index (χ0) is 15.5. The molecule has 2 rings (SSSR count). The van der Waals surface area contributed by atoms with Crippen LogP contribution in [0, 0.1) is 0 Å². The summed E-state index contributed by atoms with van der Waals surface area (Å²) in [5, 5.41) is 11.0. The SMILES string of the molecule is COc1ccc([C@H](CC(=O)[O-])[NH+]2CCS(=O)(=O)CC2)cc1. The topological polar surface area (TPSA) is 87.9 Å². The average molecular weight is 313 g/mol. The van der Waals surface area contributed by atoms with Gasteiger partial charge in [0.25, 0.3) is 0 Å². The van der Waals surface area contributed by atoms with Crippen molar-refractivity contribution in [1.29, 1.82) is 0 Å². The highest BCUT2D eigenvalue weighted by Crippen LogP contribution is 2.18. The van der Waals surface area contributed by atoms with Gasteiger partial charge in [-0.15, -0.1) is 0 Å². The summed E-state index contributed by atoms with van der Waals surface area (Å²) < 4.78 is 28.1. The van der Waals surface area contributed by atoms with E-state index < -0.39 is 15.8 Å². The number of carboxylic acid groups (broad SMARTS) is 1. The van der Waals surface area contributed by atoms with Gasteiger partial charge in [-0.3, -0.25) is 0 Å². The maximum Gasteiger partial charge on any atom is 0.161 e. The molecule has 1 aromatic rings. The van der Waals surface area contributed by atoms with Gasteiger partial charge in [-0.05, 0) is 24.3 Å². The minimum Gasteiger partial charge on any atom is -0.550 e. The van der Waals surface area contributed by atoms with Crippen LogP contribution in [0.5, 0.6) is 5.75 Å². The fourth-order valence-corrected chi connectivity index (χ4v) is 4.00. The van der Waals surface area contributed by atoms with E-state index in [1.165, 1.54) is 0 Å². The molecule has 0 aliphatic carbocycles. The number of sulfone groups is 1. The van der Waals surface area contributed by atoms with Gasteiger partial charge < -0.3 is 19.5 Å². The second kappa shape index (κ2) is 6.44. The van der Waals surface area contributed by atoms with Gasteiger partial charge in [-0.2, -0.15) is 0 Å². The Hall–Kier alpha value is -1.60. The van der Waals surface area contributed by atoms with Crippen molar-refractivity contribution in [3.8, 4) is 5.75 Å². The normalized spacial score (nSPS) is 19.9. The Morgan fingerprint density at radius 2 is 1.86 bits per heavy atom. The highest BCUT2D eigenvalue weighted by atomic mass is 32.2. The molecule has 1 heterocycles. The van der Waals surface area contributed by atoms with Crippen molar-refractivity contribution < 1.29 is 28.0 Å². The number of benzene rings is 1. The molecule has 0 saturated carbocycles. The number of nitrogens with one attached hydrogen (secondary N) is 1. The first-order chi connectivity index (χ1) is 9.91. The molecule has 0 unspecified atom stereocenters. The van der Waals surface area contributed by atoms with Crippen LogP contribution in [-0.2, 0) is 14.6 Å². The molecule has 0 radical (unpaired) electrons. The summed E-state index contributed by atoms with van der Waals surface area (Å²) in [5.41, 5.74) is 0.856. The number of hydrogen-bond donors (Lipinski definition) is 1. The van der Waals surface area contributed by atoms with E-state index in [0.29, 0.717) is 18.8 Å². The van der Waals surface area contributed by atoms with E-state index in [2.05, 4.69) is 0 Å². The largest absolute Gasteiger partial charge is 0.550 e. The fourth-order valence-electron chi connectivity index (χ4n) is 2.65. The highest BCUT2D eigenvalue weighted by molar-refractivity contribution is 7.91. The van der Waals surface area contributed by atoms with Gasteiger partial charge in [0.15, 0.2) is 9.84 Å². The monoisotopic (exact) mass is 313 g/mol. The Kier molecular flexibility index (Phi) is 4.84. The van der Waals surface area contributed by atoms with Crippen molar-refractivity contribution in [3.05, 3.63) is 29.8 Å². The Bertz CT molecular complexity index is 582. The molecule has 1 saturated heterocycles. The molecule has 0 spiro atoms. The first kappa shape index (κ1) is 15.8. The lowest BCUT2D eigenvalue weighted by Gasteiger charge is -2.32. The highest BCUT2D eigenvalue weighted by Gasteiger charge is 2.31. The molecule has 7 heteroatoms. The second-order valence-electron chi connectivity index (χ2n) is 5.21.